The van der Waals surface area contributed by atoms with Crippen molar-refractivity contribution in [3.8, 4) is 0 Å². The third-order valence-electron chi connectivity index (χ3n) is 4.56. The number of carbonyl (C=O) groups excluding carboxylic acids is 1. The van der Waals surface area contributed by atoms with Crippen molar-refractivity contribution in [3.05, 3.63) is 35.9 Å². The van der Waals surface area contributed by atoms with E-state index in [0.29, 0.717) is 6.42 Å². The maximum absolute atomic E-state index is 12.4. The molecular weight excluding hydrogens is 298 g/mol. The first-order valence-corrected chi connectivity index (χ1v) is 8.75. The van der Waals surface area contributed by atoms with E-state index in [1.54, 1.807) is 18.7 Å². The Kier molecular flexibility index (Phi) is 5.16. The zero-order valence-electron chi connectivity index (χ0n) is 13.1. The van der Waals surface area contributed by atoms with Gasteiger partial charge in [0.2, 0.25) is 5.91 Å². The minimum Gasteiger partial charge on any atom is -0.481 e. The lowest BCUT2D eigenvalue weighted by atomic mass is 9.81. The molecule has 0 bridgehead atoms. The number of carboxylic acids is 1. The van der Waals surface area contributed by atoms with E-state index in [0.717, 1.165) is 24.8 Å². The van der Waals surface area contributed by atoms with Gasteiger partial charge in [0, 0.05) is 6.54 Å². The molecule has 1 aromatic rings. The molecule has 0 heterocycles. The first-order chi connectivity index (χ1) is 10.4. The molecule has 5 heteroatoms. The summed E-state index contributed by atoms with van der Waals surface area (Å²) in [6, 6.07) is 9.53. The zero-order chi connectivity index (χ0) is 16.2. The van der Waals surface area contributed by atoms with Gasteiger partial charge in [-0.1, -0.05) is 30.3 Å². The first kappa shape index (κ1) is 16.9. The van der Waals surface area contributed by atoms with Crippen LogP contribution in [0.2, 0.25) is 0 Å². The van der Waals surface area contributed by atoms with Gasteiger partial charge in [0.15, 0.2) is 0 Å². The van der Waals surface area contributed by atoms with Crippen LogP contribution in [0.1, 0.15) is 31.7 Å². The molecule has 22 heavy (non-hydrogen) atoms. The highest BCUT2D eigenvalue weighted by molar-refractivity contribution is 8.00. The maximum Gasteiger partial charge on any atom is 0.311 e. The van der Waals surface area contributed by atoms with Gasteiger partial charge in [0.05, 0.1) is 10.2 Å². The topological polar surface area (TPSA) is 66.4 Å². The molecule has 1 unspecified atom stereocenters. The first-order valence-electron chi connectivity index (χ1n) is 7.53. The number of carboxylic acid groups (broad SMARTS) is 1. The van der Waals surface area contributed by atoms with Crippen LogP contribution >= 0.6 is 11.8 Å². The number of aliphatic carboxylic acids is 1. The fourth-order valence-electron chi connectivity index (χ4n) is 2.72. The number of carbonyl (C=O) groups is 2. The molecule has 1 atom stereocenters. The summed E-state index contributed by atoms with van der Waals surface area (Å²) >= 11 is 1.57. The summed E-state index contributed by atoms with van der Waals surface area (Å²) in [5.41, 5.74) is -0.0368. The summed E-state index contributed by atoms with van der Waals surface area (Å²) in [5.74, 6) is -0.907. The lowest BCUT2D eigenvalue weighted by Crippen LogP contribution is -2.52. The summed E-state index contributed by atoms with van der Waals surface area (Å²) in [4.78, 5) is 24.1. The minimum atomic E-state index is -1.000. The number of benzene rings is 1. The molecule has 2 rings (SSSR count). The molecule has 1 aromatic carbocycles. The second-order valence-corrected chi connectivity index (χ2v) is 7.45. The lowest BCUT2D eigenvalue weighted by Gasteiger charge is -2.39. The standard InChI is InChI=1S/C17H23NO3S/c1-16(15(20)21,11-13-7-4-3-5-8-13)12-18-14(19)17(22-2)9-6-10-17/h3-5,7-8H,6,9-12H2,1-2H3,(H,18,19)(H,20,21). The van der Waals surface area contributed by atoms with Gasteiger partial charge < -0.3 is 10.4 Å². The molecule has 2 N–H and O–H groups in total. The van der Waals surface area contributed by atoms with Crippen LogP contribution in [0.3, 0.4) is 0 Å². The van der Waals surface area contributed by atoms with E-state index in [-0.39, 0.29) is 17.2 Å². The van der Waals surface area contributed by atoms with Crippen LogP contribution in [0.15, 0.2) is 30.3 Å². The highest BCUT2D eigenvalue weighted by Crippen LogP contribution is 2.43. The Morgan fingerprint density at radius 2 is 1.95 bits per heavy atom. The van der Waals surface area contributed by atoms with Crippen molar-refractivity contribution in [3.63, 3.8) is 0 Å². The van der Waals surface area contributed by atoms with Crippen molar-refractivity contribution >= 4 is 23.6 Å². The van der Waals surface area contributed by atoms with Crippen molar-refractivity contribution < 1.29 is 14.7 Å². The van der Waals surface area contributed by atoms with Gasteiger partial charge in [-0.3, -0.25) is 9.59 Å². The smallest absolute Gasteiger partial charge is 0.311 e. The second-order valence-electron chi connectivity index (χ2n) is 6.26. The quantitative estimate of drug-likeness (QED) is 0.810. The summed E-state index contributed by atoms with van der Waals surface area (Å²) in [7, 11) is 0. The zero-order valence-corrected chi connectivity index (χ0v) is 13.9. The SMILES string of the molecule is CSC1(C(=O)NCC(C)(Cc2ccccc2)C(=O)O)CCC1. The van der Waals surface area contributed by atoms with Gasteiger partial charge in [-0.2, -0.15) is 0 Å². The summed E-state index contributed by atoms with van der Waals surface area (Å²) in [6.45, 7) is 1.84. The molecule has 1 aliphatic carbocycles. The Bertz CT molecular complexity index is 537. The second kappa shape index (κ2) is 6.73. The summed E-state index contributed by atoms with van der Waals surface area (Å²) in [5, 5.41) is 12.5. The number of hydrogen-bond acceptors (Lipinski definition) is 3. The van der Waals surface area contributed by atoms with Crippen LogP contribution in [0, 0.1) is 5.41 Å². The van der Waals surface area contributed by atoms with Gasteiger partial charge in [0.1, 0.15) is 0 Å². The Balaban J connectivity index is 2.02. The van der Waals surface area contributed by atoms with Gasteiger partial charge in [0.25, 0.3) is 0 Å². The van der Waals surface area contributed by atoms with Crippen LogP contribution in [-0.4, -0.2) is 34.5 Å². The third kappa shape index (κ3) is 3.46. The number of amides is 1. The predicted octanol–water partition coefficient (Wildman–Crippen LogP) is 2.72. The maximum atomic E-state index is 12.4. The lowest BCUT2D eigenvalue weighted by molar-refractivity contribution is -0.148. The van der Waals surface area contributed by atoms with E-state index in [9.17, 15) is 14.7 Å². The van der Waals surface area contributed by atoms with E-state index in [2.05, 4.69) is 5.32 Å². The Labute approximate surface area is 135 Å². The molecule has 0 aliphatic heterocycles. The molecule has 1 fully saturated rings. The van der Waals surface area contributed by atoms with E-state index >= 15 is 0 Å². The van der Waals surface area contributed by atoms with Crippen molar-refractivity contribution in [2.45, 2.75) is 37.4 Å². The molecule has 1 saturated carbocycles. The van der Waals surface area contributed by atoms with E-state index < -0.39 is 11.4 Å². The summed E-state index contributed by atoms with van der Waals surface area (Å²) < 4.78 is -0.341. The Morgan fingerprint density at radius 3 is 2.41 bits per heavy atom. The third-order valence-corrected chi connectivity index (χ3v) is 5.93. The molecule has 0 saturated heterocycles. The molecule has 120 valence electrons. The van der Waals surface area contributed by atoms with Crippen LogP contribution in [-0.2, 0) is 16.0 Å². The van der Waals surface area contributed by atoms with Gasteiger partial charge in [-0.05, 0) is 44.4 Å². The highest BCUT2D eigenvalue weighted by atomic mass is 32.2. The summed E-state index contributed by atoms with van der Waals surface area (Å²) in [6.07, 6.45) is 5.16. The Morgan fingerprint density at radius 1 is 1.32 bits per heavy atom. The molecule has 0 radical (unpaired) electrons. The van der Waals surface area contributed by atoms with Crippen molar-refractivity contribution in [2.75, 3.05) is 12.8 Å². The minimum absolute atomic E-state index is 0.0215. The molecule has 1 aliphatic rings. The monoisotopic (exact) mass is 321 g/mol. The number of thioether (sulfide) groups is 1. The van der Waals surface area contributed by atoms with E-state index in [1.807, 2.05) is 36.6 Å². The number of rotatable bonds is 7. The van der Waals surface area contributed by atoms with Crippen LogP contribution in [0.25, 0.3) is 0 Å². The van der Waals surface area contributed by atoms with Crippen molar-refractivity contribution in [1.29, 1.82) is 0 Å². The van der Waals surface area contributed by atoms with Crippen LogP contribution in [0.4, 0.5) is 0 Å². The largest absolute Gasteiger partial charge is 0.481 e. The average Bonchev–Trinajstić information content (AvgIpc) is 2.45. The van der Waals surface area contributed by atoms with Crippen molar-refractivity contribution in [2.24, 2.45) is 5.41 Å². The molecular formula is C17H23NO3S. The Hall–Kier alpha value is -1.49. The molecule has 0 spiro atoms. The number of nitrogens with one attached hydrogen (secondary N) is 1. The fourth-order valence-corrected chi connectivity index (χ4v) is 3.67. The van der Waals surface area contributed by atoms with E-state index in [4.69, 9.17) is 0 Å². The van der Waals surface area contributed by atoms with Crippen molar-refractivity contribution in [1.82, 2.24) is 5.32 Å². The van der Waals surface area contributed by atoms with Gasteiger partial charge in [-0.15, -0.1) is 11.8 Å². The van der Waals surface area contributed by atoms with E-state index in [1.165, 1.54) is 0 Å². The fraction of sp³-hybridized carbons (Fsp3) is 0.529. The predicted molar refractivity (Wildman–Crippen MR) is 89.0 cm³/mol. The molecule has 0 aromatic heterocycles. The average molecular weight is 321 g/mol. The highest BCUT2D eigenvalue weighted by Gasteiger charge is 2.44. The van der Waals surface area contributed by atoms with Gasteiger partial charge >= 0.3 is 5.97 Å². The molecule has 4 nitrogen and oxygen atoms in total. The normalized spacial score (nSPS) is 18.8. The van der Waals surface area contributed by atoms with Crippen LogP contribution in [0.5, 0.6) is 0 Å². The molecule has 1 amide bonds. The van der Waals surface area contributed by atoms with Gasteiger partial charge in [-0.25, -0.2) is 0 Å². The van der Waals surface area contributed by atoms with Crippen LogP contribution < -0.4 is 5.32 Å². The number of hydrogen-bond donors (Lipinski definition) is 2.